The fourth-order valence-corrected chi connectivity index (χ4v) is 5.71. The molecule has 1 unspecified atom stereocenters. The monoisotopic (exact) mass is 526 g/mol. The highest BCUT2D eigenvalue weighted by Crippen LogP contribution is 2.42. The summed E-state index contributed by atoms with van der Waals surface area (Å²) in [5, 5.41) is 9.13. The first kappa shape index (κ1) is 27.5. The predicted octanol–water partition coefficient (Wildman–Crippen LogP) is 3.58. The molecule has 1 atom stereocenters. The van der Waals surface area contributed by atoms with E-state index in [-0.39, 0.29) is 12.0 Å². The number of alkyl halides is 3. The second-order valence-electron chi connectivity index (χ2n) is 10.8. The molecule has 0 bridgehead atoms. The number of benzene rings is 1. The van der Waals surface area contributed by atoms with Crippen LogP contribution in [-0.2, 0) is 16.1 Å². The number of nitrogens with zero attached hydrogens (tertiary/aromatic N) is 4. The second kappa shape index (κ2) is 11.1. The van der Waals surface area contributed by atoms with Crippen LogP contribution < -0.4 is 4.90 Å². The number of piperidine rings is 1. The van der Waals surface area contributed by atoms with Gasteiger partial charge in [0.1, 0.15) is 0 Å². The van der Waals surface area contributed by atoms with Crippen molar-refractivity contribution in [2.45, 2.75) is 51.9 Å². The van der Waals surface area contributed by atoms with Gasteiger partial charge in [0.2, 0.25) is 0 Å². The summed E-state index contributed by atoms with van der Waals surface area (Å²) in [6.07, 6.45) is -4.49. The minimum atomic E-state index is -4.57. The molecule has 4 rings (SSSR count). The van der Waals surface area contributed by atoms with Crippen molar-refractivity contribution >= 4 is 17.7 Å². The summed E-state index contributed by atoms with van der Waals surface area (Å²) < 4.78 is 42.7. The maximum absolute atomic E-state index is 12.7. The van der Waals surface area contributed by atoms with Crippen LogP contribution in [0.1, 0.15) is 37.3 Å². The molecular formula is C26H37F3N4O4. The van der Waals surface area contributed by atoms with E-state index in [4.69, 9.17) is 5.11 Å². The maximum Gasteiger partial charge on any atom is 0.425 e. The fourth-order valence-electron chi connectivity index (χ4n) is 5.71. The summed E-state index contributed by atoms with van der Waals surface area (Å²) in [5.74, 6) is -0.771. The topological polar surface area (TPSA) is 76.6 Å². The molecule has 11 heteroatoms. The molecular weight excluding hydrogens is 489 g/mol. The van der Waals surface area contributed by atoms with Gasteiger partial charge in [-0.25, -0.2) is 4.79 Å². The first-order valence-electron chi connectivity index (χ1n) is 13.0. The molecule has 3 saturated heterocycles. The Bertz CT molecular complexity index is 973. The first-order valence-corrected chi connectivity index (χ1v) is 13.0. The highest BCUT2D eigenvalue weighted by atomic mass is 19.4. The summed E-state index contributed by atoms with van der Waals surface area (Å²) in [6, 6.07) is 6.45. The lowest BCUT2D eigenvalue weighted by Crippen LogP contribution is -2.49. The maximum atomic E-state index is 12.7. The van der Waals surface area contributed by atoms with Crippen molar-refractivity contribution in [2.75, 3.05) is 63.8 Å². The number of aryl methyl sites for hydroxylation is 1. The van der Waals surface area contributed by atoms with E-state index in [0.29, 0.717) is 32.7 Å². The van der Waals surface area contributed by atoms with Gasteiger partial charge in [-0.1, -0.05) is 12.1 Å². The lowest BCUT2D eigenvalue weighted by atomic mass is 9.77. The molecule has 1 aromatic rings. The molecule has 0 radical (unpaired) electrons. The number of piperazine rings is 1. The van der Waals surface area contributed by atoms with Crippen molar-refractivity contribution in [3.05, 3.63) is 29.3 Å². The Morgan fingerprint density at radius 2 is 1.68 bits per heavy atom. The number of carbonyl (C=O) groups excluding carboxylic acids is 1. The van der Waals surface area contributed by atoms with Crippen molar-refractivity contribution in [1.82, 2.24) is 14.7 Å². The number of carboxylic acid groups (broad SMARTS) is 1. The van der Waals surface area contributed by atoms with E-state index in [0.717, 1.165) is 52.4 Å². The van der Waals surface area contributed by atoms with E-state index in [2.05, 4.69) is 44.6 Å². The predicted molar refractivity (Wildman–Crippen MR) is 133 cm³/mol. The lowest BCUT2D eigenvalue weighted by molar-refractivity contribution is -0.200. The molecule has 206 valence electrons. The zero-order valence-corrected chi connectivity index (χ0v) is 21.6. The van der Waals surface area contributed by atoms with Gasteiger partial charge in [-0.15, -0.1) is 0 Å². The molecule has 1 amide bonds. The summed E-state index contributed by atoms with van der Waals surface area (Å²) in [7, 11) is 0. The van der Waals surface area contributed by atoms with E-state index in [1.807, 2.05) is 0 Å². The quantitative estimate of drug-likeness (QED) is 0.607. The highest BCUT2D eigenvalue weighted by molar-refractivity contribution is 5.69. The first-order chi connectivity index (χ1) is 17.4. The molecule has 37 heavy (non-hydrogen) atoms. The van der Waals surface area contributed by atoms with Gasteiger partial charge in [0.05, 0.1) is 6.54 Å². The zero-order valence-electron chi connectivity index (χ0n) is 21.6. The van der Waals surface area contributed by atoms with Gasteiger partial charge in [-0.3, -0.25) is 14.6 Å². The van der Waals surface area contributed by atoms with Gasteiger partial charge in [0, 0.05) is 58.0 Å². The smallest absolute Gasteiger partial charge is 0.425 e. The third-order valence-electron chi connectivity index (χ3n) is 8.04. The average molecular weight is 527 g/mol. The molecule has 3 aliphatic heterocycles. The molecule has 3 fully saturated rings. The summed E-state index contributed by atoms with van der Waals surface area (Å²) in [4.78, 5) is 31.3. The normalized spacial score (nSPS) is 21.9. The van der Waals surface area contributed by atoms with Crippen LogP contribution in [-0.4, -0.2) is 103 Å². The Morgan fingerprint density at radius 3 is 2.30 bits per heavy atom. The number of carboxylic acids is 1. The number of ether oxygens (including phenoxy) is 1. The third kappa shape index (κ3) is 6.87. The van der Waals surface area contributed by atoms with Crippen molar-refractivity contribution in [3.8, 4) is 0 Å². The third-order valence-corrected chi connectivity index (χ3v) is 8.04. The van der Waals surface area contributed by atoms with E-state index in [1.54, 1.807) is 0 Å². The van der Waals surface area contributed by atoms with Crippen LogP contribution in [0.5, 0.6) is 0 Å². The fraction of sp³-hybridized carbons (Fsp3) is 0.692. The average Bonchev–Trinajstić information content (AvgIpc) is 3.21. The summed E-state index contributed by atoms with van der Waals surface area (Å²) in [5.41, 5.74) is 3.78. The minimum absolute atomic E-state index is 0.111. The number of likely N-dealkylation sites (tertiary alicyclic amines) is 1. The van der Waals surface area contributed by atoms with Crippen LogP contribution in [0.4, 0.5) is 23.7 Å². The van der Waals surface area contributed by atoms with Gasteiger partial charge < -0.3 is 19.6 Å². The molecule has 1 N–H and O–H groups in total. The number of rotatable bonds is 6. The molecule has 3 aliphatic rings. The molecule has 8 nitrogen and oxygen atoms in total. The number of hydrogen-bond acceptors (Lipinski definition) is 6. The Labute approximate surface area is 215 Å². The van der Waals surface area contributed by atoms with Gasteiger partial charge in [0.15, 0.2) is 6.10 Å². The van der Waals surface area contributed by atoms with E-state index in [1.165, 1.54) is 21.7 Å². The van der Waals surface area contributed by atoms with Crippen LogP contribution in [0.25, 0.3) is 0 Å². The van der Waals surface area contributed by atoms with E-state index >= 15 is 0 Å². The number of carbonyl (C=O) groups is 2. The Hall–Kier alpha value is -2.53. The molecule has 0 saturated carbocycles. The van der Waals surface area contributed by atoms with Crippen molar-refractivity contribution in [2.24, 2.45) is 5.41 Å². The minimum Gasteiger partial charge on any atom is -0.480 e. The number of amides is 1. The Kier molecular flexibility index (Phi) is 8.23. The standard InChI is InChI=1S/C26H37F3N4O4/c1-19-3-4-21(16-30-11-13-33(14-12-30)24(36)37-20(2)26(27,28)29)22(15-19)32-9-6-25(7-10-32)5-8-31(18-25)17-23(34)35/h3-4,15,20H,5-14,16-18H2,1-2H3,(H,34,35). The number of hydrogen-bond donors (Lipinski definition) is 1. The van der Waals surface area contributed by atoms with E-state index < -0.39 is 24.3 Å². The van der Waals surface area contributed by atoms with Crippen LogP contribution in [0, 0.1) is 12.3 Å². The van der Waals surface area contributed by atoms with Crippen LogP contribution in [0.3, 0.4) is 0 Å². The molecule has 1 spiro atoms. The van der Waals surface area contributed by atoms with Gasteiger partial charge >= 0.3 is 18.2 Å². The summed E-state index contributed by atoms with van der Waals surface area (Å²) in [6.45, 7) is 9.04. The van der Waals surface area contributed by atoms with Crippen molar-refractivity contribution in [3.63, 3.8) is 0 Å². The van der Waals surface area contributed by atoms with Crippen LogP contribution in [0.2, 0.25) is 0 Å². The number of halogens is 3. The molecule has 0 aliphatic carbocycles. The molecule has 3 heterocycles. The van der Waals surface area contributed by atoms with Crippen molar-refractivity contribution < 1.29 is 32.6 Å². The lowest BCUT2D eigenvalue weighted by Gasteiger charge is -2.41. The number of aliphatic carboxylic acids is 1. The van der Waals surface area contributed by atoms with E-state index in [9.17, 15) is 22.8 Å². The zero-order chi connectivity index (χ0) is 26.8. The second-order valence-corrected chi connectivity index (χ2v) is 10.8. The Morgan fingerprint density at radius 1 is 1.03 bits per heavy atom. The van der Waals surface area contributed by atoms with Crippen LogP contribution >= 0.6 is 0 Å². The number of anilines is 1. The highest BCUT2D eigenvalue weighted by Gasteiger charge is 2.42. The Balaban J connectivity index is 1.32. The van der Waals surface area contributed by atoms with Crippen LogP contribution in [0.15, 0.2) is 18.2 Å². The van der Waals surface area contributed by atoms with Crippen molar-refractivity contribution in [1.29, 1.82) is 0 Å². The SMILES string of the molecule is Cc1ccc(CN2CCN(C(=O)OC(C)C(F)(F)F)CC2)c(N2CCC3(CCN(CC(=O)O)C3)CC2)c1. The summed E-state index contributed by atoms with van der Waals surface area (Å²) >= 11 is 0. The van der Waals surface area contributed by atoms with Gasteiger partial charge in [-0.2, -0.15) is 13.2 Å². The largest absolute Gasteiger partial charge is 0.480 e. The molecule has 0 aromatic heterocycles. The molecule has 1 aromatic carbocycles. The van der Waals surface area contributed by atoms with Gasteiger partial charge in [-0.05, 0) is 62.3 Å². The van der Waals surface area contributed by atoms with Gasteiger partial charge in [0.25, 0.3) is 0 Å².